The summed E-state index contributed by atoms with van der Waals surface area (Å²) in [6.07, 6.45) is 2.03. The van der Waals surface area contributed by atoms with Crippen molar-refractivity contribution in [3.63, 3.8) is 0 Å². The van der Waals surface area contributed by atoms with E-state index < -0.39 is 0 Å². The van der Waals surface area contributed by atoms with Crippen molar-refractivity contribution in [2.24, 2.45) is 5.92 Å². The molecule has 1 atom stereocenters. The summed E-state index contributed by atoms with van der Waals surface area (Å²) in [4.78, 5) is 30.7. The van der Waals surface area contributed by atoms with Crippen molar-refractivity contribution in [1.82, 2.24) is 9.88 Å². The maximum atomic E-state index is 12.5. The minimum atomic E-state index is -0.263. The lowest BCUT2D eigenvalue weighted by atomic mass is 9.98. The normalized spacial score (nSPS) is 16.2. The highest BCUT2D eigenvalue weighted by Crippen LogP contribution is 2.34. The van der Waals surface area contributed by atoms with Gasteiger partial charge in [0.05, 0.1) is 25.3 Å². The molecule has 2 aromatic rings. The van der Waals surface area contributed by atoms with Gasteiger partial charge in [-0.2, -0.15) is 0 Å². The highest BCUT2D eigenvalue weighted by Gasteiger charge is 2.29. The molecule has 0 bridgehead atoms. The molecule has 30 heavy (non-hydrogen) atoms. The van der Waals surface area contributed by atoms with Crippen LogP contribution in [0.25, 0.3) is 10.6 Å². The van der Waals surface area contributed by atoms with Crippen LogP contribution in [-0.4, -0.2) is 48.6 Å². The molecule has 1 saturated heterocycles. The molecule has 0 N–H and O–H groups in total. The number of ether oxygens (including phenoxy) is 3. The first-order chi connectivity index (χ1) is 14.5. The van der Waals surface area contributed by atoms with E-state index in [1.54, 1.807) is 12.0 Å². The number of likely N-dealkylation sites (tertiary alicyclic amines) is 1. The van der Waals surface area contributed by atoms with Crippen LogP contribution >= 0.6 is 11.3 Å². The van der Waals surface area contributed by atoms with Crippen LogP contribution in [0, 0.1) is 5.92 Å². The molecule has 1 aromatic carbocycles. The summed E-state index contributed by atoms with van der Waals surface area (Å²) >= 11 is 1.48. The second kappa shape index (κ2) is 10.4. The van der Waals surface area contributed by atoms with E-state index in [0.29, 0.717) is 36.8 Å². The summed E-state index contributed by atoms with van der Waals surface area (Å²) in [6.45, 7) is 5.62. The van der Waals surface area contributed by atoms with E-state index in [2.05, 4.69) is 4.98 Å². The lowest BCUT2D eigenvalue weighted by Gasteiger charge is -2.31. The number of amides is 1. The van der Waals surface area contributed by atoms with E-state index in [-0.39, 0.29) is 24.4 Å². The molecule has 0 aliphatic carbocycles. The number of hydrogen-bond acceptors (Lipinski definition) is 7. The average Bonchev–Trinajstić information content (AvgIpc) is 3.26. The Labute approximate surface area is 181 Å². The fourth-order valence-electron chi connectivity index (χ4n) is 3.46. The number of piperidine rings is 1. The molecule has 7 nitrogen and oxygen atoms in total. The minimum Gasteiger partial charge on any atom is -0.493 e. The summed E-state index contributed by atoms with van der Waals surface area (Å²) in [7, 11) is 1.61. The van der Waals surface area contributed by atoms with Crippen molar-refractivity contribution in [1.29, 1.82) is 0 Å². The molecule has 0 saturated carbocycles. The Hall–Kier alpha value is -2.61. The number of benzene rings is 1. The van der Waals surface area contributed by atoms with E-state index >= 15 is 0 Å². The summed E-state index contributed by atoms with van der Waals surface area (Å²) in [5, 5.41) is 2.71. The molecule has 1 amide bonds. The van der Waals surface area contributed by atoms with Gasteiger partial charge in [-0.3, -0.25) is 9.59 Å². The zero-order chi connectivity index (χ0) is 21.5. The Morgan fingerprint density at radius 1 is 1.27 bits per heavy atom. The van der Waals surface area contributed by atoms with Crippen LogP contribution in [0.1, 0.15) is 38.8 Å². The molecule has 8 heteroatoms. The second-order valence-corrected chi connectivity index (χ2v) is 7.94. The van der Waals surface area contributed by atoms with Crippen molar-refractivity contribution in [3.05, 3.63) is 29.3 Å². The van der Waals surface area contributed by atoms with Crippen LogP contribution in [0.4, 0.5) is 0 Å². The first-order valence-electron chi connectivity index (χ1n) is 10.3. The van der Waals surface area contributed by atoms with Crippen molar-refractivity contribution < 1.29 is 23.8 Å². The molecule has 1 aliphatic heterocycles. The second-order valence-electron chi connectivity index (χ2n) is 7.08. The van der Waals surface area contributed by atoms with Crippen molar-refractivity contribution in [3.8, 4) is 22.1 Å². The van der Waals surface area contributed by atoms with Crippen molar-refractivity contribution in [2.45, 2.75) is 39.7 Å². The van der Waals surface area contributed by atoms with Gasteiger partial charge in [0.25, 0.3) is 0 Å². The fourth-order valence-corrected chi connectivity index (χ4v) is 4.27. The van der Waals surface area contributed by atoms with Gasteiger partial charge >= 0.3 is 5.97 Å². The summed E-state index contributed by atoms with van der Waals surface area (Å²) < 4.78 is 16.4. The van der Waals surface area contributed by atoms with Crippen molar-refractivity contribution in [2.75, 3.05) is 26.8 Å². The van der Waals surface area contributed by atoms with Gasteiger partial charge in [-0.1, -0.05) is 6.92 Å². The van der Waals surface area contributed by atoms with Gasteiger partial charge in [-0.05, 0) is 38.0 Å². The van der Waals surface area contributed by atoms with E-state index in [1.165, 1.54) is 11.3 Å². The minimum absolute atomic E-state index is 0.0856. The molecule has 0 spiro atoms. The number of nitrogens with zero attached hydrogens (tertiary/aromatic N) is 2. The highest BCUT2D eigenvalue weighted by molar-refractivity contribution is 7.13. The van der Waals surface area contributed by atoms with Crippen LogP contribution in [-0.2, 0) is 20.9 Å². The third kappa shape index (κ3) is 5.30. The molecule has 0 radical (unpaired) electrons. The summed E-state index contributed by atoms with van der Waals surface area (Å²) in [5.41, 5.74) is 1.62. The lowest BCUT2D eigenvalue weighted by molar-refractivity contribution is -0.153. The van der Waals surface area contributed by atoms with Gasteiger partial charge < -0.3 is 19.1 Å². The predicted octanol–water partition coefficient (Wildman–Crippen LogP) is 3.91. The van der Waals surface area contributed by atoms with Gasteiger partial charge in [-0.25, -0.2) is 4.98 Å². The SMILES string of the molecule is CCOc1ccc(-c2nc(COC(=O)C3CCCN(C(=O)CC)C3)cs2)cc1OC. The number of carbonyl (C=O) groups excluding carboxylic acids is 2. The van der Waals surface area contributed by atoms with Gasteiger partial charge in [-0.15, -0.1) is 11.3 Å². The third-order valence-corrected chi connectivity index (χ3v) is 5.97. The monoisotopic (exact) mass is 432 g/mol. The Kier molecular flexibility index (Phi) is 7.68. The quantitative estimate of drug-likeness (QED) is 0.589. The zero-order valence-electron chi connectivity index (χ0n) is 17.7. The lowest BCUT2D eigenvalue weighted by Crippen LogP contribution is -2.42. The Morgan fingerprint density at radius 3 is 2.83 bits per heavy atom. The maximum Gasteiger partial charge on any atom is 0.311 e. The predicted molar refractivity (Wildman–Crippen MR) is 115 cm³/mol. The Morgan fingerprint density at radius 2 is 2.10 bits per heavy atom. The number of hydrogen-bond donors (Lipinski definition) is 0. The highest BCUT2D eigenvalue weighted by atomic mass is 32.1. The number of thiazole rings is 1. The van der Waals surface area contributed by atoms with Crippen LogP contribution < -0.4 is 9.47 Å². The molecule has 3 rings (SSSR count). The van der Waals surface area contributed by atoms with Gasteiger partial charge in [0.2, 0.25) is 5.91 Å². The van der Waals surface area contributed by atoms with Crippen LogP contribution in [0.15, 0.2) is 23.6 Å². The first kappa shape index (κ1) is 22.1. The van der Waals surface area contributed by atoms with Crippen LogP contribution in [0.2, 0.25) is 0 Å². The van der Waals surface area contributed by atoms with Crippen molar-refractivity contribution >= 4 is 23.2 Å². The van der Waals surface area contributed by atoms with Crippen LogP contribution in [0.5, 0.6) is 11.5 Å². The molecule has 162 valence electrons. The van der Waals surface area contributed by atoms with E-state index in [9.17, 15) is 9.59 Å². The van der Waals surface area contributed by atoms with Crippen LogP contribution in [0.3, 0.4) is 0 Å². The molecule has 1 fully saturated rings. The third-order valence-electron chi connectivity index (χ3n) is 5.03. The topological polar surface area (TPSA) is 78.0 Å². The Balaban J connectivity index is 1.59. The number of aromatic nitrogens is 1. The summed E-state index contributed by atoms with van der Waals surface area (Å²) in [5.74, 6) is 0.907. The molecule has 1 unspecified atom stereocenters. The standard InChI is InChI=1S/C22H28N2O5S/c1-4-20(25)24-10-6-7-16(12-24)22(26)29-13-17-14-30-21(23-17)15-8-9-18(28-5-2)19(11-15)27-3/h8-9,11,14,16H,4-7,10,12-13H2,1-3H3. The van der Waals surface area contributed by atoms with Gasteiger partial charge in [0.15, 0.2) is 11.5 Å². The fraction of sp³-hybridized carbons (Fsp3) is 0.500. The van der Waals surface area contributed by atoms with E-state index in [4.69, 9.17) is 14.2 Å². The maximum absolute atomic E-state index is 12.5. The number of rotatable bonds is 8. The average molecular weight is 433 g/mol. The van der Waals surface area contributed by atoms with Gasteiger partial charge in [0.1, 0.15) is 11.6 Å². The molecular weight excluding hydrogens is 404 g/mol. The first-order valence-corrected chi connectivity index (χ1v) is 11.1. The largest absolute Gasteiger partial charge is 0.493 e. The summed E-state index contributed by atoms with van der Waals surface area (Å²) in [6, 6.07) is 5.69. The smallest absolute Gasteiger partial charge is 0.311 e. The van der Waals surface area contributed by atoms with E-state index in [1.807, 2.05) is 37.4 Å². The van der Waals surface area contributed by atoms with Gasteiger partial charge in [0, 0.05) is 30.5 Å². The van der Waals surface area contributed by atoms with E-state index in [0.717, 1.165) is 30.0 Å². The molecule has 2 heterocycles. The zero-order valence-corrected chi connectivity index (χ0v) is 18.5. The molecule has 1 aromatic heterocycles. The molecule has 1 aliphatic rings. The number of methoxy groups -OCH3 is 1. The Bertz CT molecular complexity index is 882. The number of carbonyl (C=O) groups is 2. The molecular formula is C22H28N2O5S. The number of esters is 1.